The molecule has 1 N–H and O–H groups in total. The normalized spacial score (nSPS) is 17.4. The summed E-state index contributed by atoms with van der Waals surface area (Å²) < 4.78 is 7.32. The maximum Gasteiger partial charge on any atom is 0.300 e. The van der Waals surface area contributed by atoms with Gasteiger partial charge in [0.25, 0.3) is 11.7 Å². The number of para-hydroxylation sites is 1. The molecule has 1 aliphatic rings. The van der Waals surface area contributed by atoms with Crippen LogP contribution >= 0.6 is 23.2 Å². The molecule has 6 nitrogen and oxygen atoms in total. The first-order chi connectivity index (χ1) is 16.8. The number of aliphatic hydroxyl groups excluding tert-OH is 1. The van der Waals surface area contributed by atoms with Gasteiger partial charge in [-0.2, -0.15) is 0 Å². The van der Waals surface area contributed by atoms with Gasteiger partial charge in [0.05, 0.1) is 24.3 Å². The number of ketones is 1. The largest absolute Gasteiger partial charge is 0.507 e. The van der Waals surface area contributed by atoms with Crippen molar-refractivity contribution in [2.45, 2.75) is 6.04 Å². The minimum absolute atomic E-state index is 0.0631. The van der Waals surface area contributed by atoms with Gasteiger partial charge in [0, 0.05) is 45.4 Å². The fourth-order valence-electron chi connectivity index (χ4n) is 4.62. The lowest BCUT2D eigenvalue weighted by molar-refractivity contribution is -0.132. The van der Waals surface area contributed by atoms with E-state index in [1.807, 2.05) is 42.1 Å². The summed E-state index contributed by atoms with van der Waals surface area (Å²) in [5, 5.41) is 13.1. The molecule has 0 radical (unpaired) electrons. The highest BCUT2D eigenvalue weighted by atomic mass is 35.5. The van der Waals surface area contributed by atoms with Crippen molar-refractivity contribution in [3.05, 3.63) is 99.7 Å². The summed E-state index contributed by atoms with van der Waals surface area (Å²) in [7, 11) is 3.34. The van der Waals surface area contributed by atoms with E-state index >= 15 is 0 Å². The number of methoxy groups -OCH3 is 1. The molecule has 0 aliphatic carbocycles. The van der Waals surface area contributed by atoms with Gasteiger partial charge in [-0.15, -0.1) is 0 Å². The molecule has 1 unspecified atom stereocenters. The quantitative estimate of drug-likeness (QED) is 0.205. The van der Waals surface area contributed by atoms with E-state index < -0.39 is 17.7 Å². The second kappa shape index (κ2) is 8.80. The Bertz CT molecular complexity index is 1540. The molecule has 4 aromatic rings. The highest BCUT2D eigenvalue weighted by Crippen LogP contribution is 2.46. The molecule has 1 amide bonds. The fourth-order valence-corrected chi connectivity index (χ4v) is 4.98. The van der Waals surface area contributed by atoms with Crippen LogP contribution in [0.15, 0.2) is 78.5 Å². The van der Waals surface area contributed by atoms with Crippen LogP contribution in [0.3, 0.4) is 0 Å². The van der Waals surface area contributed by atoms with Crippen molar-refractivity contribution < 1.29 is 19.4 Å². The Kier molecular flexibility index (Phi) is 5.79. The van der Waals surface area contributed by atoms with Gasteiger partial charge < -0.3 is 14.4 Å². The zero-order valence-corrected chi connectivity index (χ0v) is 20.3. The van der Waals surface area contributed by atoms with Crippen LogP contribution in [0.2, 0.25) is 10.0 Å². The van der Waals surface area contributed by atoms with Crippen LogP contribution < -0.4 is 9.64 Å². The summed E-state index contributed by atoms with van der Waals surface area (Å²) in [5.41, 5.74) is 2.19. The standard InChI is InChI=1S/C27H20Cl2N2O4/c1-30-14-20(18-8-3-4-9-21(18)30)24-23(25(32)19-13-16(29)10-11-22(19)35-2)26(33)27(34)31(24)17-7-5-6-15(28)12-17/h3-14,24,32H,1-2H3/b25-23+. The second-order valence-corrected chi connectivity index (χ2v) is 9.08. The first-order valence-electron chi connectivity index (χ1n) is 10.8. The predicted molar refractivity (Wildman–Crippen MR) is 137 cm³/mol. The minimum atomic E-state index is -0.914. The third-order valence-electron chi connectivity index (χ3n) is 6.17. The van der Waals surface area contributed by atoms with E-state index in [9.17, 15) is 14.7 Å². The number of hydrogen-bond donors (Lipinski definition) is 1. The molecular weight excluding hydrogens is 487 g/mol. The number of carbonyl (C=O) groups excluding carboxylic acids is 2. The number of carbonyl (C=O) groups is 2. The summed E-state index contributed by atoms with van der Waals surface area (Å²) in [6.07, 6.45) is 1.86. The number of hydrogen-bond acceptors (Lipinski definition) is 4. The molecule has 2 heterocycles. The van der Waals surface area contributed by atoms with Crippen molar-refractivity contribution in [1.29, 1.82) is 0 Å². The molecule has 176 valence electrons. The van der Waals surface area contributed by atoms with E-state index in [0.717, 1.165) is 10.9 Å². The number of aromatic nitrogens is 1. The van der Waals surface area contributed by atoms with Gasteiger partial charge >= 0.3 is 0 Å². The molecule has 1 saturated heterocycles. The molecule has 3 aromatic carbocycles. The zero-order valence-electron chi connectivity index (χ0n) is 18.8. The maximum atomic E-state index is 13.5. The van der Waals surface area contributed by atoms with Crippen molar-refractivity contribution in [1.82, 2.24) is 4.57 Å². The summed E-state index contributed by atoms with van der Waals surface area (Å²) in [6.45, 7) is 0. The van der Waals surface area contributed by atoms with Crippen LogP contribution in [-0.4, -0.2) is 28.5 Å². The van der Waals surface area contributed by atoms with E-state index in [4.69, 9.17) is 27.9 Å². The number of rotatable bonds is 4. The molecule has 8 heteroatoms. The average molecular weight is 507 g/mol. The van der Waals surface area contributed by atoms with Crippen molar-refractivity contribution in [3.8, 4) is 5.75 Å². The highest BCUT2D eigenvalue weighted by molar-refractivity contribution is 6.52. The van der Waals surface area contributed by atoms with Crippen molar-refractivity contribution in [3.63, 3.8) is 0 Å². The number of halogens is 2. The number of anilines is 1. The van der Waals surface area contributed by atoms with Crippen LogP contribution in [0.4, 0.5) is 5.69 Å². The number of aliphatic hydroxyl groups is 1. The molecule has 1 aliphatic heterocycles. The lowest BCUT2D eigenvalue weighted by Crippen LogP contribution is -2.29. The Hall–Kier alpha value is -3.74. The molecular formula is C27H20Cl2N2O4. The molecule has 5 rings (SSSR count). The monoisotopic (exact) mass is 506 g/mol. The topological polar surface area (TPSA) is 71.8 Å². The van der Waals surface area contributed by atoms with Crippen molar-refractivity contribution in [2.24, 2.45) is 7.05 Å². The maximum absolute atomic E-state index is 13.5. The third-order valence-corrected chi connectivity index (χ3v) is 6.64. The van der Waals surface area contributed by atoms with Crippen LogP contribution in [0, 0.1) is 0 Å². The van der Waals surface area contributed by atoms with Gasteiger partial charge in [0.15, 0.2) is 0 Å². The highest BCUT2D eigenvalue weighted by Gasteiger charge is 2.48. The average Bonchev–Trinajstić information content (AvgIpc) is 3.32. The summed E-state index contributed by atoms with van der Waals surface area (Å²) in [6, 6.07) is 18.2. The molecule has 1 atom stereocenters. The number of nitrogens with zero attached hydrogens (tertiary/aromatic N) is 2. The number of Topliss-reactive ketones (excluding diaryl/α,β-unsaturated/α-hetero) is 1. The van der Waals surface area contributed by atoms with Crippen LogP contribution in [0.5, 0.6) is 5.75 Å². The molecule has 35 heavy (non-hydrogen) atoms. The number of fused-ring (bicyclic) bond motifs is 1. The van der Waals surface area contributed by atoms with Crippen LogP contribution in [-0.2, 0) is 16.6 Å². The van der Waals surface area contributed by atoms with Gasteiger partial charge in [-0.25, -0.2) is 0 Å². The van der Waals surface area contributed by atoms with Crippen molar-refractivity contribution in [2.75, 3.05) is 12.0 Å². The summed E-state index contributed by atoms with van der Waals surface area (Å²) in [5.74, 6) is -1.64. The smallest absolute Gasteiger partial charge is 0.300 e. The number of amides is 1. The molecule has 0 spiro atoms. The summed E-state index contributed by atoms with van der Waals surface area (Å²) in [4.78, 5) is 28.3. The number of ether oxygens (including phenoxy) is 1. The summed E-state index contributed by atoms with van der Waals surface area (Å²) >= 11 is 12.4. The predicted octanol–water partition coefficient (Wildman–Crippen LogP) is 6.12. The first-order valence-corrected chi connectivity index (χ1v) is 11.5. The van der Waals surface area contributed by atoms with E-state index in [-0.39, 0.29) is 16.9 Å². The zero-order chi connectivity index (χ0) is 24.9. The lowest BCUT2D eigenvalue weighted by Gasteiger charge is -2.25. The van der Waals surface area contributed by atoms with Gasteiger partial charge in [0.1, 0.15) is 11.5 Å². The van der Waals surface area contributed by atoms with Crippen LogP contribution in [0.25, 0.3) is 16.7 Å². The van der Waals surface area contributed by atoms with Gasteiger partial charge in [-0.05, 0) is 42.5 Å². The number of benzene rings is 3. The van der Waals surface area contributed by atoms with E-state index in [1.54, 1.807) is 36.4 Å². The van der Waals surface area contributed by atoms with E-state index in [0.29, 0.717) is 27.0 Å². The van der Waals surface area contributed by atoms with E-state index in [1.165, 1.54) is 18.1 Å². The molecule has 0 bridgehead atoms. The number of aryl methyl sites for hydroxylation is 1. The Morgan fingerprint density at radius 3 is 2.46 bits per heavy atom. The second-order valence-electron chi connectivity index (χ2n) is 8.21. The van der Waals surface area contributed by atoms with Gasteiger partial charge in [-0.3, -0.25) is 14.5 Å². The fraction of sp³-hybridized carbons (Fsp3) is 0.111. The molecule has 0 saturated carbocycles. The van der Waals surface area contributed by atoms with Crippen molar-refractivity contribution >= 4 is 57.2 Å². The SMILES string of the molecule is COc1ccc(Cl)cc1/C(O)=C1\C(=O)C(=O)N(c2cccc(Cl)c2)C1c1cn(C)c2ccccc12. The third kappa shape index (κ3) is 3.75. The minimum Gasteiger partial charge on any atom is -0.507 e. The van der Waals surface area contributed by atoms with Gasteiger partial charge in [-0.1, -0.05) is 47.5 Å². The first kappa shape index (κ1) is 23.0. The molecule has 1 fully saturated rings. The molecule has 1 aromatic heterocycles. The Morgan fingerprint density at radius 1 is 0.971 bits per heavy atom. The Balaban J connectivity index is 1.84. The van der Waals surface area contributed by atoms with Crippen LogP contribution in [0.1, 0.15) is 17.2 Å². The Morgan fingerprint density at radius 2 is 1.71 bits per heavy atom. The Labute approximate surface area is 211 Å². The van der Waals surface area contributed by atoms with E-state index in [2.05, 4.69) is 0 Å². The lowest BCUT2D eigenvalue weighted by atomic mass is 9.94. The van der Waals surface area contributed by atoms with Gasteiger partial charge in [0.2, 0.25) is 0 Å².